The van der Waals surface area contributed by atoms with Gasteiger partial charge in [-0.3, -0.25) is 14.5 Å². The van der Waals surface area contributed by atoms with E-state index in [1.165, 1.54) is 0 Å². The van der Waals surface area contributed by atoms with Gasteiger partial charge in [-0.1, -0.05) is 59.6 Å². The summed E-state index contributed by atoms with van der Waals surface area (Å²) in [5, 5.41) is 10.2. The molecule has 0 spiro atoms. The van der Waals surface area contributed by atoms with Crippen LogP contribution in [0.25, 0.3) is 22.4 Å². The minimum Gasteiger partial charge on any atom is -0.481 e. The summed E-state index contributed by atoms with van der Waals surface area (Å²) in [6.45, 7) is 5.74. The average molecular weight is 707 g/mol. The van der Waals surface area contributed by atoms with Gasteiger partial charge in [-0.2, -0.15) is 0 Å². The van der Waals surface area contributed by atoms with Gasteiger partial charge in [0.1, 0.15) is 0 Å². The number of rotatable bonds is 11. The van der Waals surface area contributed by atoms with Crippen LogP contribution in [0, 0.1) is 5.82 Å². The number of hydrogen-bond acceptors (Lipinski definition) is 8. The molecule has 2 fully saturated rings. The summed E-state index contributed by atoms with van der Waals surface area (Å²) in [5.74, 6) is 0.224. The fourth-order valence-electron chi connectivity index (χ4n) is 6.20. The minimum atomic E-state index is -0.457. The molecule has 49 heavy (non-hydrogen) atoms. The quantitative estimate of drug-likeness (QED) is 0.173. The molecule has 0 saturated carbocycles. The van der Waals surface area contributed by atoms with E-state index in [0.29, 0.717) is 102 Å². The van der Waals surface area contributed by atoms with Crippen molar-refractivity contribution in [3.05, 3.63) is 87.8 Å². The Balaban J connectivity index is 1.18. The predicted octanol–water partition coefficient (Wildman–Crippen LogP) is 6.04. The van der Waals surface area contributed by atoms with Crippen LogP contribution in [-0.4, -0.2) is 77.5 Å². The van der Waals surface area contributed by atoms with E-state index < -0.39 is 5.82 Å². The Morgan fingerprint density at radius 2 is 1.73 bits per heavy atom. The lowest BCUT2D eigenvalue weighted by Crippen LogP contribution is -2.47. The van der Waals surface area contributed by atoms with Crippen molar-refractivity contribution >= 4 is 46.5 Å². The molecule has 2 aromatic heterocycles. The number of anilines is 2. The van der Waals surface area contributed by atoms with Crippen LogP contribution in [-0.2, 0) is 22.7 Å². The van der Waals surface area contributed by atoms with E-state index in [2.05, 4.69) is 25.8 Å². The third-order valence-electron chi connectivity index (χ3n) is 8.92. The topological polar surface area (TPSA) is 112 Å². The Bertz CT molecular complexity index is 1850. The number of methoxy groups -OCH3 is 1. The second-order valence-electron chi connectivity index (χ2n) is 12.2. The maximum absolute atomic E-state index is 15.7. The standard InChI is InChI=1S/C36H38Cl2FN7O3/c1-22(47)46-17-15-45(16-18-46)21-24-13-14-41-35(34(24)39)43-30-8-4-6-27(33(30)38)26-5-3-7-28(32(26)37)29-11-9-23(36(44-29)49-2)19-40-20-25-10-12-31(48)42-25/h3-9,11,13-14,25,40H,10,12,15-21H2,1-2H3,(H,41,43)(H,42,48)/t25-/m0/s1. The van der Waals surface area contributed by atoms with Gasteiger partial charge in [0.05, 0.1) is 28.5 Å². The second kappa shape index (κ2) is 15.5. The van der Waals surface area contributed by atoms with E-state index >= 15 is 4.39 Å². The molecule has 3 N–H and O–H groups in total. The first-order valence-corrected chi connectivity index (χ1v) is 17.0. The van der Waals surface area contributed by atoms with Crippen molar-refractivity contribution in [3.8, 4) is 28.3 Å². The molecule has 0 aliphatic carbocycles. The zero-order valence-electron chi connectivity index (χ0n) is 27.4. The van der Waals surface area contributed by atoms with E-state index in [9.17, 15) is 9.59 Å². The van der Waals surface area contributed by atoms with Gasteiger partial charge in [0, 0.05) is 99.2 Å². The van der Waals surface area contributed by atoms with Crippen LogP contribution in [0.2, 0.25) is 10.0 Å². The lowest BCUT2D eigenvalue weighted by Gasteiger charge is -2.34. The fraction of sp³-hybridized carbons (Fsp3) is 0.333. The molecule has 0 unspecified atom stereocenters. The average Bonchev–Trinajstić information content (AvgIpc) is 3.52. The largest absolute Gasteiger partial charge is 0.481 e. The monoisotopic (exact) mass is 705 g/mol. The molecule has 13 heteroatoms. The van der Waals surface area contributed by atoms with Gasteiger partial charge in [-0.05, 0) is 24.6 Å². The molecule has 4 heterocycles. The Morgan fingerprint density at radius 3 is 2.45 bits per heavy atom. The summed E-state index contributed by atoms with van der Waals surface area (Å²) in [5.41, 5.74) is 4.54. The number of halogens is 3. The number of benzene rings is 2. The molecule has 1 atom stereocenters. The minimum absolute atomic E-state index is 0.0527. The van der Waals surface area contributed by atoms with Crippen LogP contribution in [0.1, 0.15) is 30.9 Å². The van der Waals surface area contributed by atoms with Crippen LogP contribution in [0.5, 0.6) is 5.88 Å². The van der Waals surface area contributed by atoms with Crippen LogP contribution in [0.3, 0.4) is 0 Å². The third-order valence-corrected chi connectivity index (χ3v) is 9.74. The zero-order chi connectivity index (χ0) is 34.5. The fourth-order valence-corrected chi connectivity index (χ4v) is 6.80. The van der Waals surface area contributed by atoms with Gasteiger partial charge in [0.15, 0.2) is 11.6 Å². The number of nitrogens with zero attached hydrogens (tertiary/aromatic N) is 4. The molecule has 2 aliphatic heterocycles. The number of amides is 2. The molecule has 2 saturated heterocycles. The van der Waals surface area contributed by atoms with E-state index in [0.717, 1.165) is 12.0 Å². The Hall–Kier alpha value is -4.29. The highest BCUT2D eigenvalue weighted by molar-refractivity contribution is 6.39. The molecule has 2 aromatic carbocycles. The first-order chi connectivity index (χ1) is 23.7. The van der Waals surface area contributed by atoms with Gasteiger partial charge in [-0.15, -0.1) is 0 Å². The number of carbonyl (C=O) groups excluding carboxylic acids is 2. The van der Waals surface area contributed by atoms with Crippen molar-refractivity contribution in [2.24, 2.45) is 0 Å². The smallest absolute Gasteiger partial charge is 0.220 e. The van der Waals surface area contributed by atoms with Gasteiger partial charge < -0.3 is 25.6 Å². The number of nitrogens with one attached hydrogen (secondary N) is 3. The Kier molecular flexibility index (Phi) is 10.9. The van der Waals surface area contributed by atoms with Crippen LogP contribution < -0.4 is 20.7 Å². The number of pyridine rings is 2. The van der Waals surface area contributed by atoms with Gasteiger partial charge in [-0.25, -0.2) is 14.4 Å². The van der Waals surface area contributed by atoms with Crippen LogP contribution in [0.15, 0.2) is 60.8 Å². The van der Waals surface area contributed by atoms with Crippen molar-refractivity contribution in [1.82, 2.24) is 30.4 Å². The van der Waals surface area contributed by atoms with Crippen molar-refractivity contribution < 1.29 is 18.7 Å². The summed E-state index contributed by atoms with van der Waals surface area (Å²) in [7, 11) is 1.58. The zero-order valence-corrected chi connectivity index (χ0v) is 28.9. The van der Waals surface area contributed by atoms with Gasteiger partial charge in [0.2, 0.25) is 17.7 Å². The second-order valence-corrected chi connectivity index (χ2v) is 12.9. The van der Waals surface area contributed by atoms with E-state index in [1.807, 2.05) is 42.5 Å². The van der Waals surface area contributed by atoms with Crippen molar-refractivity contribution in [2.75, 3.05) is 45.2 Å². The number of carbonyl (C=O) groups is 2. The van der Waals surface area contributed by atoms with Crippen molar-refractivity contribution in [1.29, 1.82) is 0 Å². The summed E-state index contributed by atoms with van der Waals surface area (Å²) in [6.07, 6.45) is 2.95. The van der Waals surface area contributed by atoms with Crippen molar-refractivity contribution in [2.45, 2.75) is 38.9 Å². The molecule has 0 radical (unpaired) electrons. The van der Waals surface area contributed by atoms with Crippen LogP contribution >= 0.6 is 23.2 Å². The first kappa shape index (κ1) is 34.6. The number of hydrogen-bond donors (Lipinski definition) is 3. The normalized spacial score (nSPS) is 16.5. The number of piperazine rings is 1. The number of ether oxygens (including phenoxy) is 1. The van der Waals surface area contributed by atoms with E-state index in [-0.39, 0.29) is 23.7 Å². The molecule has 0 bridgehead atoms. The lowest BCUT2D eigenvalue weighted by atomic mass is 10.00. The first-order valence-electron chi connectivity index (χ1n) is 16.2. The lowest BCUT2D eigenvalue weighted by molar-refractivity contribution is -0.130. The SMILES string of the molecule is COc1nc(-c2cccc(-c3cccc(Nc4nccc(CN5CCN(C(C)=O)CC5)c4F)c3Cl)c2Cl)ccc1CNC[C@@H]1CCC(=O)N1. The predicted molar refractivity (Wildman–Crippen MR) is 190 cm³/mol. The maximum atomic E-state index is 15.7. The molecular formula is C36H38Cl2FN7O3. The van der Waals surface area contributed by atoms with Gasteiger partial charge >= 0.3 is 0 Å². The van der Waals surface area contributed by atoms with Crippen LogP contribution in [0.4, 0.5) is 15.9 Å². The molecule has 4 aromatic rings. The molecule has 6 rings (SSSR count). The number of aromatic nitrogens is 2. The molecule has 2 aliphatic rings. The highest BCUT2D eigenvalue weighted by Gasteiger charge is 2.23. The third kappa shape index (κ3) is 7.96. The Labute approximate surface area is 295 Å². The summed E-state index contributed by atoms with van der Waals surface area (Å²) in [4.78, 5) is 36.1. The molecule has 2 amide bonds. The van der Waals surface area contributed by atoms with E-state index in [4.69, 9.17) is 32.9 Å². The highest BCUT2D eigenvalue weighted by Crippen LogP contribution is 2.42. The maximum Gasteiger partial charge on any atom is 0.220 e. The highest BCUT2D eigenvalue weighted by atomic mass is 35.5. The van der Waals surface area contributed by atoms with E-state index in [1.54, 1.807) is 37.3 Å². The summed E-state index contributed by atoms with van der Waals surface area (Å²) < 4.78 is 21.3. The van der Waals surface area contributed by atoms with Crippen molar-refractivity contribution in [3.63, 3.8) is 0 Å². The molecular weight excluding hydrogens is 668 g/mol. The molecule has 256 valence electrons. The molecule has 10 nitrogen and oxygen atoms in total. The Morgan fingerprint density at radius 1 is 1.00 bits per heavy atom. The van der Waals surface area contributed by atoms with Gasteiger partial charge in [0.25, 0.3) is 0 Å². The summed E-state index contributed by atoms with van der Waals surface area (Å²) in [6, 6.07) is 16.7. The summed E-state index contributed by atoms with van der Waals surface area (Å²) >= 11 is 14.0.